The molecule has 0 aliphatic rings. The van der Waals surface area contributed by atoms with Gasteiger partial charge in [-0.25, -0.2) is 8.42 Å². The van der Waals surface area contributed by atoms with Gasteiger partial charge in [0, 0.05) is 29.6 Å². The molecule has 1 heterocycles. The van der Waals surface area contributed by atoms with E-state index in [1.807, 2.05) is 6.92 Å². The predicted molar refractivity (Wildman–Crippen MR) is 94.3 cm³/mol. The van der Waals surface area contributed by atoms with Crippen molar-refractivity contribution in [3.8, 4) is 0 Å². The second kappa shape index (κ2) is 7.74. The SMILES string of the molecule is Cc1ccc(NC(=O)CN(Cc2ccncc2)S(C)(=O)=O)cc1Cl. The number of anilines is 1. The second-order valence-electron chi connectivity index (χ2n) is 5.40. The number of aromatic nitrogens is 1. The molecule has 24 heavy (non-hydrogen) atoms. The van der Waals surface area contributed by atoms with E-state index in [1.54, 1.807) is 42.7 Å². The van der Waals surface area contributed by atoms with Crippen molar-refractivity contribution in [1.82, 2.24) is 9.29 Å². The number of hydrogen-bond acceptors (Lipinski definition) is 4. The molecule has 8 heteroatoms. The van der Waals surface area contributed by atoms with Crippen molar-refractivity contribution in [1.29, 1.82) is 0 Å². The largest absolute Gasteiger partial charge is 0.325 e. The molecule has 0 saturated heterocycles. The van der Waals surface area contributed by atoms with Crippen molar-refractivity contribution >= 4 is 33.2 Å². The highest BCUT2D eigenvalue weighted by molar-refractivity contribution is 7.88. The average molecular weight is 368 g/mol. The number of aryl methyl sites for hydroxylation is 1. The van der Waals surface area contributed by atoms with Gasteiger partial charge in [-0.15, -0.1) is 0 Å². The molecule has 0 spiro atoms. The van der Waals surface area contributed by atoms with Crippen LogP contribution in [0.25, 0.3) is 0 Å². The van der Waals surface area contributed by atoms with Crippen LogP contribution in [0.4, 0.5) is 5.69 Å². The number of carbonyl (C=O) groups is 1. The predicted octanol–water partition coefficient (Wildman–Crippen LogP) is 2.44. The molecular formula is C16H18ClN3O3S. The maximum atomic E-state index is 12.2. The van der Waals surface area contributed by atoms with Crippen molar-refractivity contribution in [3.05, 3.63) is 58.9 Å². The fourth-order valence-electron chi connectivity index (χ4n) is 2.01. The van der Waals surface area contributed by atoms with Gasteiger partial charge >= 0.3 is 0 Å². The van der Waals surface area contributed by atoms with Crippen LogP contribution in [0.5, 0.6) is 0 Å². The minimum atomic E-state index is -3.54. The third kappa shape index (κ3) is 5.30. The molecular weight excluding hydrogens is 350 g/mol. The Morgan fingerprint density at radius 3 is 2.50 bits per heavy atom. The summed E-state index contributed by atoms with van der Waals surface area (Å²) in [5.74, 6) is -0.436. The summed E-state index contributed by atoms with van der Waals surface area (Å²) in [4.78, 5) is 16.1. The van der Waals surface area contributed by atoms with E-state index < -0.39 is 15.9 Å². The highest BCUT2D eigenvalue weighted by atomic mass is 35.5. The van der Waals surface area contributed by atoms with Crippen LogP contribution in [0.1, 0.15) is 11.1 Å². The van der Waals surface area contributed by atoms with Crippen molar-refractivity contribution in [2.24, 2.45) is 0 Å². The zero-order valence-electron chi connectivity index (χ0n) is 13.4. The van der Waals surface area contributed by atoms with E-state index >= 15 is 0 Å². The van der Waals surface area contributed by atoms with Crippen molar-refractivity contribution < 1.29 is 13.2 Å². The van der Waals surface area contributed by atoms with Gasteiger partial charge in [0.1, 0.15) is 0 Å². The van der Waals surface area contributed by atoms with Gasteiger partial charge < -0.3 is 5.32 Å². The number of nitrogens with one attached hydrogen (secondary N) is 1. The van der Waals surface area contributed by atoms with Gasteiger partial charge in [-0.3, -0.25) is 9.78 Å². The number of halogens is 1. The standard InChI is InChI=1S/C16H18ClN3O3S/c1-12-3-4-14(9-15(12)17)19-16(21)11-20(24(2,22)23)10-13-5-7-18-8-6-13/h3-9H,10-11H2,1-2H3,(H,19,21). The number of sulfonamides is 1. The number of carbonyl (C=O) groups excluding carboxylic acids is 1. The van der Waals surface area contributed by atoms with E-state index in [0.717, 1.165) is 21.7 Å². The maximum absolute atomic E-state index is 12.2. The van der Waals surface area contributed by atoms with Gasteiger partial charge in [-0.05, 0) is 42.3 Å². The van der Waals surface area contributed by atoms with Crippen molar-refractivity contribution in [2.45, 2.75) is 13.5 Å². The van der Waals surface area contributed by atoms with Crippen LogP contribution >= 0.6 is 11.6 Å². The van der Waals surface area contributed by atoms with Gasteiger partial charge in [0.15, 0.2) is 0 Å². The minimum Gasteiger partial charge on any atom is -0.325 e. The number of nitrogens with zero attached hydrogens (tertiary/aromatic N) is 2. The molecule has 0 aliphatic heterocycles. The number of benzene rings is 1. The zero-order valence-corrected chi connectivity index (χ0v) is 14.9. The molecule has 128 valence electrons. The van der Waals surface area contributed by atoms with E-state index in [1.165, 1.54) is 0 Å². The zero-order chi connectivity index (χ0) is 17.7. The van der Waals surface area contributed by atoms with Crippen LogP contribution < -0.4 is 5.32 Å². The Balaban J connectivity index is 2.08. The summed E-state index contributed by atoms with van der Waals surface area (Å²) in [5, 5.41) is 3.19. The molecule has 1 aromatic heterocycles. The molecule has 0 fully saturated rings. The van der Waals surface area contributed by atoms with Crippen LogP contribution in [0.15, 0.2) is 42.7 Å². The molecule has 1 aromatic carbocycles. The van der Waals surface area contributed by atoms with Gasteiger partial charge in [-0.2, -0.15) is 4.31 Å². The third-order valence-electron chi connectivity index (χ3n) is 3.35. The monoisotopic (exact) mass is 367 g/mol. The van der Waals surface area contributed by atoms with Gasteiger partial charge in [-0.1, -0.05) is 17.7 Å². The number of rotatable bonds is 6. The number of hydrogen-bond donors (Lipinski definition) is 1. The first-order chi connectivity index (χ1) is 11.3. The molecule has 1 N–H and O–H groups in total. The molecule has 0 atom stereocenters. The summed E-state index contributed by atoms with van der Waals surface area (Å²) in [6, 6.07) is 8.53. The summed E-state index contributed by atoms with van der Waals surface area (Å²) < 4.78 is 25.0. The lowest BCUT2D eigenvalue weighted by molar-refractivity contribution is -0.116. The quantitative estimate of drug-likeness (QED) is 0.850. The van der Waals surface area contributed by atoms with Crippen LogP contribution in [-0.2, 0) is 21.4 Å². The van der Waals surface area contributed by atoms with E-state index in [9.17, 15) is 13.2 Å². The lowest BCUT2D eigenvalue weighted by atomic mass is 10.2. The van der Waals surface area contributed by atoms with Crippen molar-refractivity contribution in [2.75, 3.05) is 18.1 Å². The normalized spacial score (nSPS) is 11.5. The van der Waals surface area contributed by atoms with E-state index in [-0.39, 0.29) is 13.1 Å². The summed E-state index contributed by atoms with van der Waals surface area (Å²) in [7, 11) is -3.54. The van der Waals surface area contributed by atoms with E-state index in [4.69, 9.17) is 11.6 Å². The highest BCUT2D eigenvalue weighted by Gasteiger charge is 2.20. The van der Waals surface area contributed by atoms with Gasteiger partial charge in [0.25, 0.3) is 0 Å². The molecule has 0 bridgehead atoms. The minimum absolute atomic E-state index is 0.101. The van der Waals surface area contributed by atoms with Crippen LogP contribution in [0, 0.1) is 6.92 Å². The Bertz CT molecular complexity index is 826. The van der Waals surface area contributed by atoms with Crippen LogP contribution in [0.2, 0.25) is 5.02 Å². The Labute approximate surface area is 146 Å². The van der Waals surface area contributed by atoms with E-state index in [2.05, 4.69) is 10.3 Å². The Morgan fingerprint density at radius 1 is 1.25 bits per heavy atom. The lowest BCUT2D eigenvalue weighted by Gasteiger charge is -2.19. The molecule has 2 aromatic rings. The van der Waals surface area contributed by atoms with E-state index in [0.29, 0.717) is 10.7 Å². The molecule has 1 amide bonds. The molecule has 0 saturated carbocycles. The number of pyridine rings is 1. The third-order valence-corrected chi connectivity index (χ3v) is 4.96. The smallest absolute Gasteiger partial charge is 0.239 e. The molecule has 0 aliphatic carbocycles. The number of amides is 1. The fraction of sp³-hybridized carbons (Fsp3) is 0.250. The summed E-state index contributed by atoms with van der Waals surface area (Å²) >= 11 is 6.02. The summed E-state index contributed by atoms with van der Waals surface area (Å²) in [6.45, 7) is 1.67. The van der Waals surface area contributed by atoms with Crippen LogP contribution in [0.3, 0.4) is 0 Å². The topological polar surface area (TPSA) is 79.4 Å². The molecule has 2 rings (SSSR count). The molecule has 6 nitrogen and oxygen atoms in total. The van der Waals surface area contributed by atoms with Crippen molar-refractivity contribution in [3.63, 3.8) is 0 Å². The van der Waals surface area contributed by atoms with Crippen LogP contribution in [-0.4, -0.2) is 36.4 Å². The first-order valence-corrected chi connectivity index (χ1v) is 9.38. The van der Waals surface area contributed by atoms with Gasteiger partial charge in [0.2, 0.25) is 15.9 Å². The first-order valence-electron chi connectivity index (χ1n) is 7.16. The maximum Gasteiger partial charge on any atom is 0.239 e. The first kappa shape index (κ1) is 18.4. The molecule has 0 radical (unpaired) electrons. The second-order valence-corrected chi connectivity index (χ2v) is 7.79. The molecule has 0 unspecified atom stereocenters. The highest BCUT2D eigenvalue weighted by Crippen LogP contribution is 2.20. The van der Waals surface area contributed by atoms with Gasteiger partial charge in [0.05, 0.1) is 12.8 Å². The summed E-state index contributed by atoms with van der Waals surface area (Å²) in [5.41, 5.74) is 2.17. The average Bonchev–Trinajstić information content (AvgIpc) is 2.50. The Morgan fingerprint density at radius 2 is 1.92 bits per heavy atom. The lowest BCUT2D eigenvalue weighted by Crippen LogP contribution is -2.36. The fourth-order valence-corrected chi connectivity index (χ4v) is 2.93. The Hall–Kier alpha value is -1.96. The summed E-state index contributed by atoms with van der Waals surface area (Å²) in [6.07, 6.45) is 4.22. The Kier molecular flexibility index (Phi) is 5.93.